The minimum Gasteiger partial charge on any atom is -0.358 e. The van der Waals surface area contributed by atoms with Crippen molar-refractivity contribution in [3.8, 4) is 0 Å². The molecule has 0 aromatic heterocycles. The molecule has 0 rings (SSSR count). The van der Waals surface area contributed by atoms with Gasteiger partial charge in [0, 0.05) is 65.4 Å². The summed E-state index contributed by atoms with van der Waals surface area (Å²) in [6, 6.07) is 0. The molecule has 0 spiro atoms. The van der Waals surface area contributed by atoms with Gasteiger partial charge in [-0.05, 0) is 0 Å². The molecule has 0 aliphatic carbocycles. The van der Waals surface area contributed by atoms with Crippen LogP contribution in [0.2, 0.25) is 0 Å². The van der Waals surface area contributed by atoms with Crippen molar-refractivity contribution in [2.75, 3.05) is 0 Å². The predicted molar refractivity (Wildman–Crippen MR) is 26.7 cm³/mol. The van der Waals surface area contributed by atoms with Gasteiger partial charge in [-0.1, -0.05) is 0 Å². The first-order chi connectivity index (χ1) is 1.73. The van der Waals surface area contributed by atoms with E-state index in [1.165, 1.54) is 5.92 Å². The average molecular weight is 250 g/mol. The smallest absolute Gasteiger partial charge is 0 e. The molecule has 0 aromatic carbocycles. The van der Waals surface area contributed by atoms with Crippen LogP contribution in [0.1, 0.15) is 20.8 Å². The maximum Gasteiger partial charge on any atom is 0 e. The van der Waals surface area contributed by atoms with Crippen LogP contribution in [0.25, 0.3) is 0 Å². The van der Waals surface area contributed by atoms with Crippen molar-refractivity contribution in [2.45, 2.75) is 20.8 Å². The van der Waals surface area contributed by atoms with Crippen LogP contribution >= 0.6 is 0 Å². The molecular formula is C5H12Y2-2. The van der Waals surface area contributed by atoms with Crippen molar-refractivity contribution >= 4 is 0 Å². The van der Waals surface area contributed by atoms with Crippen LogP contribution in [0.15, 0.2) is 0 Å². The molecule has 0 fully saturated rings. The van der Waals surface area contributed by atoms with E-state index in [4.69, 9.17) is 0 Å². The van der Waals surface area contributed by atoms with Gasteiger partial charge in [0.25, 0.3) is 0 Å². The molecule has 0 atom stereocenters. The van der Waals surface area contributed by atoms with Crippen LogP contribution in [0.5, 0.6) is 0 Å². The Bertz CT molecular complexity index is 10.8. The summed E-state index contributed by atoms with van der Waals surface area (Å²) in [5.41, 5.74) is 0. The van der Waals surface area contributed by atoms with E-state index in [9.17, 15) is 0 Å². The molecule has 0 unspecified atom stereocenters. The maximum absolute atomic E-state index is 2.08. The largest absolute Gasteiger partial charge is 0.358 e. The zero-order valence-electron chi connectivity index (χ0n) is 5.65. The number of hydrogen-bond donors (Lipinski definition) is 0. The normalized spacial score (nSPS) is 5.14. The Morgan fingerprint density at radius 1 is 0.857 bits per heavy atom. The van der Waals surface area contributed by atoms with Gasteiger partial charge in [-0.15, -0.1) is 0 Å². The second kappa shape index (κ2) is 15.7. The van der Waals surface area contributed by atoms with E-state index >= 15 is 0 Å². The first-order valence-corrected chi connectivity index (χ1v) is 1.50. The molecule has 0 bridgehead atoms. The van der Waals surface area contributed by atoms with Crippen LogP contribution in [0.3, 0.4) is 0 Å². The number of hydrogen-bond acceptors (Lipinski definition) is 0. The summed E-state index contributed by atoms with van der Waals surface area (Å²) in [7, 11) is 0. The molecule has 2 radical (unpaired) electrons. The van der Waals surface area contributed by atoms with Gasteiger partial charge in [0.15, 0.2) is 0 Å². The standard InChI is InChI=1S/C4H9.CH3.2Y/c1-4(2)3;;;/h1-3H3;1H3;;/q2*-1;;. The molecule has 0 aliphatic heterocycles. The van der Waals surface area contributed by atoms with Crippen molar-refractivity contribution in [1.29, 1.82) is 0 Å². The third-order valence-corrected chi connectivity index (χ3v) is 0. The van der Waals surface area contributed by atoms with E-state index in [1.54, 1.807) is 0 Å². The van der Waals surface area contributed by atoms with Gasteiger partial charge >= 0.3 is 0 Å². The minimum absolute atomic E-state index is 0. The average Bonchev–Trinajstić information content (AvgIpc) is 0.811. The van der Waals surface area contributed by atoms with Gasteiger partial charge in [0.1, 0.15) is 0 Å². The van der Waals surface area contributed by atoms with Gasteiger partial charge in [-0.2, -0.15) is 20.8 Å². The Kier molecular flexibility index (Phi) is 51.4. The van der Waals surface area contributed by atoms with Crippen LogP contribution in [0, 0.1) is 13.3 Å². The van der Waals surface area contributed by atoms with Gasteiger partial charge in [-0.3, -0.25) is 0 Å². The van der Waals surface area contributed by atoms with E-state index < -0.39 is 0 Å². The van der Waals surface area contributed by atoms with Crippen molar-refractivity contribution in [1.82, 2.24) is 0 Å². The Labute approximate surface area is 98.0 Å². The van der Waals surface area contributed by atoms with Crippen LogP contribution in [0.4, 0.5) is 0 Å². The zero-order valence-corrected chi connectivity index (χ0v) is 11.3. The van der Waals surface area contributed by atoms with Crippen molar-refractivity contribution in [3.63, 3.8) is 0 Å². The van der Waals surface area contributed by atoms with Crippen LogP contribution < -0.4 is 0 Å². The first-order valence-electron chi connectivity index (χ1n) is 1.50. The summed E-state index contributed by atoms with van der Waals surface area (Å²) in [5, 5.41) is 0. The van der Waals surface area contributed by atoms with Gasteiger partial charge < -0.3 is 13.3 Å². The van der Waals surface area contributed by atoms with Gasteiger partial charge in [0.05, 0.1) is 0 Å². The molecule has 40 valence electrons. The summed E-state index contributed by atoms with van der Waals surface area (Å²) in [6.07, 6.45) is 0. The molecule has 0 nitrogen and oxygen atoms in total. The van der Waals surface area contributed by atoms with Crippen molar-refractivity contribution < 1.29 is 65.4 Å². The van der Waals surface area contributed by atoms with E-state index in [0.29, 0.717) is 0 Å². The second-order valence-corrected chi connectivity index (χ2v) is 1.50. The molecule has 0 saturated carbocycles. The molecule has 0 aliphatic rings. The zero-order chi connectivity index (χ0) is 3.58. The fraction of sp³-hybridized carbons (Fsp3) is 0.600. The fourth-order valence-corrected chi connectivity index (χ4v) is 0. The molecule has 2 heteroatoms. The predicted octanol–water partition coefficient (Wildman–Crippen LogP) is 2.07. The summed E-state index contributed by atoms with van der Waals surface area (Å²) >= 11 is 0. The summed E-state index contributed by atoms with van der Waals surface area (Å²) in [6.45, 7) is 6.25. The number of rotatable bonds is 0. The summed E-state index contributed by atoms with van der Waals surface area (Å²) in [4.78, 5) is 0. The van der Waals surface area contributed by atoms with Crippen LogP contribution in [-0.2, 0) is 65.4 Å². The van der Waals surface area contributed by atoms with E-state index in [-0.39, 0.29) is 72.8 Å². The summed E-state index contributed by atoms with van der Waals surface area (Å²) in [5.74, 6) is 1.42. The molecule has 0 amide bonds. The Hall–Kier alpha value is 2.21. The van der Waals surface area contributed by atoms with Gasteiger partial charge in [0.2, 0.25) is 0 Å². The molecule has 7 heavy (non-hydrogen) atoms. The minimum atomic E-state index is 0. The summed E-state index contributed by atoms with van der Waals surface area (Å²) < 4.78 is 0. The Balaban J connectivity index is -0.0000000150. The Morgan fingerprint density at radius 2 is 0.857 bits per heavy atom. The maximum atomic E-state index is 2.08. The molecule has 0 heterocycles. The monoisotopic (exact) mass is 250 g/mol. The molecule has 0 saturated heterocycles. The van der Waals surface area contributed by atoms with E-state index in [0.717, 1.165) is 0 Å². The first kappa shape index (κ1) is 22.9. The third kappa shape index (κ3) is 64.9. The third-order valence-electron chi connectivity index (χ3n) is 0. The molecule has 0 aromatic rings. The topological polar surface area (TPSA) is 0 Å². The van der Waals surface area contributed by atoms with Crippen LogP contribution in [-0.4, -0.2) is 0 Å². The van der Waals surface area contributed by atoms with E-state index in [2.05, 4.69) is 20.8 Å². The quantitative estimate of drug-likeness (QED) is 0.577. The van der Waals surface area contributed by atoms with Gasteiger partial charge in [-0.25, -0.2) is 0 Å². The fourth-order valence-electron chi connectivity index (χ4n) is 0. The van der Waals surface area contributed by atoms with Crippen molar-refractivity contribution in [3.05, 3.63) is 13.3 Å². The second-order valence-electron chi connectivity index (χ2n) is 1.50. The van der Waals surface area contributed by atoms with E-state index in [1.807, 2.05) is 0 Å². The van der Waals surface area contributed by atoms with Crippen molar-refractivity contribution in [2.24, 2.45) is 0 Å². The molecular weight excluding hydrogens is 238 g/mol. The SMILES string of the molecule is C[C-](C)C.[CH3-].[Y].[Y]. The Morgan fingerprint density at radius 3 is 0.857 bits per heavy atom. The molecule has 0 N–H and O–H groups in total.